The standard InChI is InChI=1S/C28H18ClN/c29-21-16-14-20-15-17-27-28(24(20)18-21)23-11-5-7-13-26(23)30(27)25-12-6-4-10-22(25)19-8-2-1-3-9-19/h1-18H. The highest BCUT2D eigenvalue weighted by molar-refractivity contribution is 6.32. The van der Waals surface area contributed by atoms with Crippen LogP contribution in [0.15, 0.2) is 109 Å². The molecule has 6 rings (SSSR count). The molecule has 0 amide bonds. The molecular formula is C28H18ClN. The van der Waals surface area contributed by atoms with Crippen LogP contribution in [-0.2, 0) is 0 Å². The van der Waals surface area contributed by atoms with Crippen molar-refractivity contribution in [3.63, 3.8) is 0 Å². The molecular weight excluding hydrogens is 386 g/mol. The van der Waals surface area contributed by atoms with Crippen molar-refractivity contribution in [3.05, 3.63) is 114 Å². The van der Waals surface area contributed by atoms with Gasteiger partial charge in [-0.3, -0.25) is 0 Å². The highest BCUT2D eigenvalue weighted by Gasteiger charge is 2.17. The molecule has 0 bridgehead atoms. The molecule has 1 nitrogen and oxygen atoms in total. The van der Waals surface area contributed by atoms with Crippen molar-refractivity contribution in [2.75, 3.05) is 0 Å². The van der Waals surface area contributed by atoms with Crippen LogP contribution in [0.4, 0.5) is 0 Å². The maximum Gasteiger partial charge on any atom is 0.0547 e. The van der Waals surface area contributed by atoms with Gasteiger partial charge in [-0.15, -0.1) is 0 Å². The van der Waals surface area contributed by atoms with Crippen LogP contribution in [0, 0.1) is 0 Å². The summed E-state index contributed by atoms with van der Waals surface area (Å²) in [5.41, 5.74) is 5.99. The Morgan fingerprint density at radius 1 is 0.567 bits per heavy atom. The van der Waals surface area contributed by atoms with E-state index in [1.54, 1.807) is 0 Å². The first kappa shape index (κ1) is 17.3. The Balaban J connectivity index is 1.79. The van der Waals surface area contributed by atoms with Crippen molar-refractivity contribution < 1.29 is 0 Å². The molecule has 0 fully saturated rings. The highest BCUT2D eigenvalue weighted by atomic mass is 35.5. The molecule has 0 aliphatic rings. The van der Waals surface area contributed by atoms with Crippen LogP contribution in [-0.4, -0.2) is 4.57 Å². The molecule has 1 heterocycles. The molecule has 30 heavy (non-hydrogen) atoms. The lowest BCUT2D eigenvalue weighted by molar-refractivity contribution is 1.18. The van der Waals surface area contributed by atoms with Gasteiger partial charge >= 0.3 is 0 Å². The fourth-order valence-corrected chi connectivity index (χ4v) is 4.72. The number of fused-ring (bicyclic) bond motifs is 5. The van der Waals surface area contributed by atoms with Gasteiger partial charge in [0.15, 0.2) is 0 Å². The summed E-state index contributed by atoms with van der Waals surface area (Å²) >= 11 is 6.39. The Labute approximate surface area is 179 Å². The molecule has 1 aromatic heterocycles. The number of benzene rings is 5. The van der Waals surface area contributed by atoms with E-state index in [1.807, 2.05) is 6.07 Å². The number of halogens is 1. The minimum absolute atomic E-state index is 0.761. The molecule has 6 aromatic rings. The van der Waals surface area contributed by atoms with Gasteiger partial charge in [-0.1, -0.05) is 90.5 Å². The number of hydrogen-bond acceptors (Lipinski definition) is 0. The Kier molecular flexibility index (Phi) is 3.90. The summed E-state index contributed by atoms with van der Waals surface area (Å²) in [6.07, 6.45) is 0. The molecule has 0 N–H and O–H groups in total. The number of aromatic nitrogens is 1. The lowest BCUT2D eigenvalue weighted by atomic mass is 10.0. The van der Waals surface area contributed by atoms with Crippen LogP contribution in [0.5, 0.6) is 0 Å². The number of hydrogen-bond donors (Lipinski definition) is 0. The van der Waals surface area contributed by atoms with Crippen molar-refractivity contribution >= 4 is 44.2 Å². The summed E-state index contributed by atoms with van der Waals surface area (Å²) in [7, 11) is 0. The fraction of sp³-hybridized carbons (Fsp3) is 0. The first-order valence-electron chi connectivity index (χ1n) is 10.1. The second-order valence-corrected chi connectivity index (χ2v) is 8.00. The molecule has 0 spiro atoms. The molecule has 0 atom stereocenters. The zero-order chi connectivity index (χ0) is 20.1. The third-order valence-corrected chi connectivity index (χ3v) is 6.08. The Hall–Kier alpha value is -3.55. The van der Waals surface area contributed by atoms with E-state index in [0.717, 1.165) is 5.02 Å². The highest BCUT2D eigenvalue weighted by Crippen LogP contribution is 2.39. The van der Waals surface area contributed by atoms with Crippen molar-refractivity contribution in [2.24, 2.45) is 0 Å². The van der Waals surface area contributed by atoms with E-state index in [2.05, 4.69) is 108 Å². The van der Waals surface area contributed by atoms with Gasteiger partial charge in [0.25, 0.3) is 0 Å². The topological polar surface area (TPSA) is 4.93 Å². The van der Waals surface area contributed by atoms with E-state index in [0.29, 0.717) is 0 Å². The largest absolute Gasteiger partial charge is 0.309 e. The molecule has 0 aliphatic heterocycles. The van der Waals surface area contributed by atoms with Crippen molar-refractivity contribution in [3.8, 4) is 16.8 Å². The number of nitrogens with zero attached hydrogens (tertiary/aromatic N) is 1. The Bertz CT molecular complexity index is 1540. The molecule has 0 saturated carbocycles. The maximum atomic E-state index is 6.39. The quantitative estimate of drug-likeness (QED) is 0.274. The van der Waals surface area contributed by atoms with Crippen LogP contribution in [0.2, 0.25) is 5.02 Å². The molecule has 0 aliphatic carbocycles. The molecule has 2 heteroatoms. The second-order valence-electron chi connectivity index (χ2n) is 7.56. The van der Waals surface area contributed by atoms with Gasteiger partial charge in [-0.05, 0) is 46.7 Å². The van der Waals surface area contributed by atoms with E-state index >= 15 is 0 Å². The lowest BCUT2D eigenvalue weighted by Crippen LogP contribution is -1.96. The zero-order valence-corrected chi connectivity index (χ0v) is 17.0. The molecule has 0 radical (unpaired) electrons. The summed E-state index contributed by atoms with van der Waals surface area (Å²) in [5, 5.41) is 5.63. The van der Waals surface area contributed by atoms with Crippen LogP contribution >= 0.6 is 11.6 Å². The molecule has 142 valence electrons. The predicted octanol–water partition coefficient (Wildman–Crippen LogP) is 8.26. The fourth-order valence-electron chi connectivity index (χ4n) is 4.55. The third kappa shape index (κ3) is 2.56. The van der Waals surface area contributed by atoms with Gasteiger partial charge in [0, 0.05) is 21.4 Å². The van der Waals surface area contributed by atoms with Crippen LogP contribution in [0.25, 0.3) is 49.4 Å². The molecule has 0 unspecified atom stereocenters. The van der Waals surface area contributed by atoms with Gasteiger partial charge < -0.3 is 4.57 Å². The minimum atomic E-state index is 0.761. The number of para-hydroxylation sites is 2. The first-order valence-corrected chi connectivity index (χ1v) is 10.5. The van der Waals surface area contributed by atoms with Gasteiger partial charge in [-0.25, -0.2) is 0 Å². The molecule has 5 aromatic carbocycles. The monoisotopic (exact) mass is 403 g/mol. The summed E-state index contributed by atoms with van der Waals surface area (Å²) in [6.45, 7) is 0. The Morgan fingerprint density at radius 3 is 2.20 bits per heavy atom. The molecule has 0 saturated heterocycles. The van der Waals surface area contributed by atoms with Crippen LogP contribution < -0.4 is 0 Å². The van der Waals surface area contributed by atoms with Gasteiger partial charge in [0.1, 0.15) is 0 Å². The van der Waals surface area contributed by atoms with Gasteiger partial charge in [0.05, 0.1) is 16.7 Å². The average Bonchev–Trinajstić information content (AvgIpc) is 3.14. The average molecular weight is 404 g/mol. The summed E-state index contributed by atoms with van der Waals surface area (Å²) in [6, 6.07) is 38.4. The van der Waals surface area contributed by atoms with Crippen LogP contribution in [0.1, 0.15) is 0 Å². The minimum Gasteiger partial charge on any atom is -0.309 e. The van der Waals surface area contributed by atoms with E-state index in [4.69, 9.17) is 11.6 Å². The van der Waals surface area contributed by atoms with E-state index in [9.17, 15) is 0 Å². The van der Waals surface area contributed by atoms with Crippen molar-refractivity contribution in [1.82, 2.24) is 4.57 Å². The van der Waals surface area contributed by atoms with Crippen molar-refractivity contribution in [1.29, 1.82) is 0 Å². The summed E-state index contributed by atoms with van der Waals surface area (Å²) in [5.74, 6) is 0. The smallest absolute Gasteiger partial charge is 0.0547 e. The van der Waals surface area contributed by atoms with Crippen molar-refractivity contribution in [2.45, 2.75) is 0 Å². The number of rotatable bonds is 2. The second kappa shape index (κ2) is 6.76. The maximum absolute atomic E-state index is 6.39. The van der Waals surface area contributed by atoms with E-state index < -0.39 is 0 Å². The Morgan fingerprint density at radius 2 is 1.30 bits per heavy atom. The first-order chi connectivity index (χ1) is 14.8. The van der Waals surface area contributed by atoms with E-state index in [-0.39, 0.29) is 0 Å². The summed E-state index contributed by atoms with van der Waals surface area (Å²) in [4.78, 5) is 0. The predicted molar refractivity (Wildman–Crippen MR) is 129 cm³/mol. The van der Waals surface area contributed by atoms with Crippen LogP contribution in [0.3, 0.4) is 0 Å². The summed E-state index contributed by atoms with van der Waals surface area (Å²) < 4.78 is 2.38. The lowest BCUT2D eigenvalue weighted by Gasteiger charge is -2.14. The van der Waals surface area contributed by atoms with Gasteiger partial charge in [0.2, 0.25) is 0 Å². The van der Waals surface area contributed by atoms with E-state index in [1.165, 1.54) is 49.4 Å². The SMILES string of the molecule is Clc1ccc2ccc3c(c2c1)c1ccccc1n3-c1ccccc1-c1ccccc1. The zero-order valence-electron chi connectivity index (χ0n) is 16.2. The third-order valence-electron chi connectivity index (χ3n) is 5.85. The van der Waals surface area contributed by atoms with Gasteiger partial charge in [-0.2, -0.15) is 0 Å². The normalized spacial score (nSPS) is 11.5.